The van der Waals surface area contributed by atoms with Gasteiger partial charge < -0.3 is 9.67 Å². The lowest BCUT2D eigenvalue weighted by molar-refractivity contribution is 0.117. The Labute approximate surface area is 84.8 Å². The van der Waals surface area contributed by atoms with Crippen LogP contribution < -0.4 is 0 Å². The highest BCUT2D eigenvalue weighted by Crippen LogP contribution is 2.31. The van der Waals surface area contributed by atoms with Gasteiger partial charge in [0.05, 0.1) is 6.10 Å². The number of imidazole rings is 1. The number of aryl methyl sites for hydroxylation is 1. The van der Waals surface area contributed by atoms with Crippen LogP contribution in [0.25, 0.3) is 0 Å². The lowest BCUT2D eigenvalue weighted by Crippen LogP contribution is -2.20. The summed E-state index contributed by atoms with van der Waals surface area (Å²) in [6.07, 6.45) is 7.92. The fraction of sp³-hybridized carbons (Fsp3) is 0.727. The van der Waals surface area contributed by atoms with Crippen LogP contribution in [-0.4, -0.2) is 20.8 Å². The molecule has 0 amide bonds. The number of hydrogen-bond donors (Lipinski definition) is 1. The molecule has 2 atom stereocenters. The van der Waals surface area contributed by atoms with Crippen molar-refractivity contribution in [2.75, 3.05) is 0 Å². The number of rotatable bonds is 2. The van der Waals surface area contributed by atoms with Crippen LogP contribution in [0.2, 0.25) is 0 Å². The monoisotopic (exact) mass is 194 g/mol. The minimum Gasteiger partial charge on any atom is -0.393 e. The van der Waals surface area contributed by atoms with Gasteiger partial charge in [-0.3, -0.25) is 0 Å². The van der Waals surface area contributed by atoms with Gasteiger partial charge in [0.2, 0.25) is 0 Å². The lowest BCUT2D eigenvalue weighted by Gasteiger charge is -2.25. The molecule has 1 aliphatic rings. The van der Waals surface area contributed by atoms with E-state index in [-0.39, 0.29) is 6.10 Å². The SMILES string of the molecule is CCn1ccnc1C1CCCC(O)C1. The number of nitrogens with zero attached hydrogens (tertiary/aromatic N) is 2. The molecular weight excluding hydrogens is 176 g/mol. The zero-order valence-electron chi connectivity index (χ0n) is 8.69. The summed E-state index contributed by atoms with van der Waals surface area (Å²) < 4.78 is 2.18. The summed E-state index contributed by atoms with van der Waals surface area (Å²) in [5.41, 5.74) is 0. The second-order valence-electron chi connectivity index (χ2n) is 4.09. The molecule has 1 fully saturated rings. The summed E-state index contributed by atoms with van der Waals surface area (Å²) in [6, 6.07) is 0. The van der Waals surface area contributed by atoms with Crippen molar-refractivity contribution in [3.8, 4) is 0 Å². The maximum Gasteiger partial charge on any atom is 0.111 e. The largest absolute Gasteiger partial charge is 0.393 e. The van der Waals surface area contributed by atoms with Gasteiger partial charge in [-0.25, -0.2) is 4.98 Å². The Hall–Kier alpha value is -0.830. The minimum absolute atomic E-state index is 0.115. The first-order valence-corrected chi connectivity index (χ1v) is 5.50. The average molecular weight is 194 g/mol. The molecule has 1 aromatic heterocycles. The van der Waals surface area contributed by atoms with Gasteiger partial charge in [0.25, 0.3) is 0 Å². The van der Waals surface area contributed by atoms with E-state index in [0.717, 1.165) is 31.6 Å². The van der Waals surface area contributed by atoms with Crippen molar-refractivity contribution < 1.29 is 5.11 Å². The van der Waals surface area contributed by atoms with E-state index in [4.69, 9.17) is 0 Å². The second-order valence-corrected chi connectivity index (χ2v) is 4.09. The number of aliphatic hydroxyl groups excluding tert-OH is 1. The predicted molar refractivity (Wildman–Crippen MR) is 55.1 cm³/mol. The summed E-state index contributed by atoms with van der Waals surface area (Å²) in [7, 11) is 0. The van der Waals surface area contributed by atoms with Gasteiger partial charge in [-0.15, -0.1) is 0 Å². The quantitative estimate of drug-likeness (QED) is 0.781. The van der Waals surface area contributed by atoms with Gasteiger partial charge in [-0.05, 0) is 26.2 Å². The first-order chi connectivity index (χ1) is 6.81. The number of aliphatic hydroxyl groups is 1. The molecule has 2 unspecified atom stereocenters. The van der Waals surface area contributed by atoms with Gasteiger partial charge in [0.15, 0.2) is 0 Å². The maximum atomic E-state index is 9.60. The van der Waals surface area contributed by atoms with Crippen LogP contribution in [0.3, 0.4) is 0 Å². The molecule has 0 radical (unpaired) electrons. The molecule has 0 bridgehead atoms. The zero-order chi connectivity index (χ0) is 9.97. The van der Waals surface area contributed by atoms with E-state index in [9.17, 15) is 5.11 Å². The first-order valence-electron chi connectivity index (χ1n) is 5.50. The molecule has 0 saturated heterocycles. The fourth-order valence-electron chi connectivity index (χ4n) is 2.35. The summed E-state index contributed by atoms with van der Waals surface area (Å²) in [6.45, 7) is 3.10. The van der Waals surface area contributed by atoms with E-state index in [2.05, 4.69) is 16.5 Å². The van der Waals surface area contributed by atoms with Crippen LogP contribution in [0.5, 0.6) is 0 Å². The maximum absolute atomic E-state index is 9.60. The number of aromatic nitrogens is 2. The van der Waals surface area contributed by atoms with Crippen molar-refractivity contribution in [2.45, 2.75) is 51.2 Å². The normalized spacial score (nSPS) is 27.9. The summed E-state index contributed by atoms with van der Waals surface area (Å²) >= 11 is 0. The molecular formula is C11H18N2O. The predicted octanol–water partition coefficient (Wildman–Crippen LogP) is 1.92. The Bertz CT molecular complexity index is 295. The zero-order valence-corrected chi connectivity index (χ0v) is 8.69. The van der Waals surface area contributed by atoms with Crippen molar-refractivity contribution in [3.05, 3.63) is 18.2 Å². The van der Waals surface area contributed by atoms with Crippen molar-refractivity contribution >= 4 is 0 Å². The standard InChI is InChI=1S/C11H18N2O/c1-2-13-7-6-12-11(13)9-4-3-5-10(14)8-9/h6-7,9-10,14H,2-5,8H2,1H3. The van der Waals surface area contributed by atoms with Crippen molar-refractivity contribution in [2.24, 2.45) is 0 Å². The van der Waals surface area contributed by atoms with Crippen LogP contribution >= 0.6 is 0 Å². The molecule has 0 aromatic carbocycles. The molecule has 78 valence electrons. The molecule has 3 nitrogen and oxygen atoms in total. The number of hydrogen-bond acceptors (Lipinski definition) is 2. The first kappa shape index (κ1) is 9.71. The second kappa shape index (κ2) is 4.13. The molecule has 0 aliphatic heterocycles. The summed E-state index contributed by atoms with van der Waals surface area (Å²) in [4.78, 5) is 4.40. The Kier molecular flexibility index (Phi) is 2.87. The topological polar surface area (TPSA) is 38.0 Å². The Morgan fingerprint density at radius 2 is 2.43 bits per heavy atom. The molecule has 1 aromatic rings. The van der Waals surface area contributed by atoms with Gasteiger partial charge in [0, 0.05) is 24.9 Å². The molecule has 2 rings (SSSR count). The van der Waals surface area contributed by atoms with Crippen LogP contribution in [-0.2, 0) is 6.54 Å². The Balaban J connectivity index is 2.13. The Morgan fingerprint density at radius 3 is 3.14 bits per heavy atom. The van der Waals surface area contributed by atoms with Crippen molar-refractivity contribution in [1.29, 1.82) is 0 Å². The van der Waals surface area contributed by atoms with Gasteiger partial charge in [-0.1, -0.05) is 6.42 Å². The summed E-state index contributed by atoms with van der Waals surface area (Å²) in [5, 5.41) is 9.60. The molecule has 0 spiro atoms. The van der Waals surface area contributed by atoms with Crippen molar-refractivity contribution in [3.63, 3.8) is 0 Å². The van der Waals surface area contributed by atoms with E-state index in [1.807, 2.05) is 12.4 Å². The third-order valence-corrected chi connectivity index (χ3v) is 3.10. The summed E-state index contributed by atoms with van der Waals surface area (Å²) in [5.74, 6) is 1.62. The third kappa shape index (κ3) is 1.82. The molecule has 14 heavy (non-hydrogen) atoms. The smallest absolute Gasteiger partial charge is 0.111 e. The van der Waals surface area contributed by atoms with Gasteiger partial charge in [0.1, 0.15) is 5.82 Å². The van der Waals surface area contributed by atoms with Crippen molar-refractivity contribution in [1.82, 2.24) is 9.55 Å². The van der Waals surface area contributed by atoms with Crippen LogP contribution in [0.1, 0.15) is 44.3 Å². The molecule has 1 heterocycles. The van der Waals surface area contributed by atoms with E-state index in [0.29, 0.717) is 5.92 Å². The van der Waals surface area contributed by atoms with E-state index in [1.165, 1.54) is 6.42 Å². The molecule has 1 saturated carbocycles. The van der Waals surface area contributed by atoms with Crippen LogP contribution in [0, 0.1) is 0 Å². The van der Waals surface area contributed by atoms with Gasteiger partial charge >= 0.3 is 0 Å². The van der Waals surface area contributed by atoms with Crippen LogP contribution in [0.15, 0.2) is 12.4 Å². The van der Waals surface area contributed by atoms with E-state index < -0.39 is 0 Å². The molecule has 1 aliphatic carbocycles. The highest BCUT2D eigenvalue weighted by atomic mass is 16.3. The fourth-order valence-corrected chi connectivity index (χ4v) is 2.35. The van der Waals surface area contributed by atoms with Gasteiger partial charge in [-0.2, -0.15) is 0 Å². The van der Waals surface area contributed by atoms with Crippen LogP contribution in [0.4, 0.5) is 0 Å². The third-order valence-electron chi connectivity index (χ3n) is 3.10. The Morgan fingerprint density at radius 1 is 1.57 bits per heavy atom. The van der Waals surface area contributed by atoms with E-state index >= 15 is 0 Å². The highest BCUT2D eigenvalue weighted by molar-refractivity contribution is 5.02. The molecule has 1 N–H and O–H groups in total. The molecule has 3 heteroatoms. The minimum atomic E-state index is -0.115. The average Bonchev–Trinajstić information content (AvgIpc) is 2.65. The lowest BCUT2D eigenvalue weighted by atomic mass is 9.86. The van der Waals surface area contributed by atoms with E-state index in [1.54, 1.807) is 0 Å². The highest BCUT2D eigenvalue weighted by Gasteiger charge is 2.24.